The summed E-state index contributed by atoms with van der Waals surface area (Å²) in [5, 5.41) is 9.82. The van der Waals surface area contributed by atoms with Crippen molar-refractivity contribution in [2.45, 2.75) is 26.4 Å². The van der Waals surface area contributed by atoms with Gasteiger partial charge in [-0.05, 0) is 44.5 Å². The van der Waals surface area contributed by atoms with Gasteiger partial charge in [-0.25, -0.2) is 9.18 Å². The molecule has 0 aliphatic carbocycles. The largest absolute Gasteiger partial charge is 0.507 e. The van der Waals surface area contributed by atoms with Gasteiger partial charge in [-0.15, -0.1) is 0 Å². The van der Waals surface area contributed by atoms with Gasteiger partial charge in [0.25, 0.3) is 0 Å². The lowest BCUT2D eigenvalue weighted by molar-refractivity contribution is 0.00669. The highest BCUT2D eigenvalue weighted by atomic mass is 19.1. The highest BCUT2D eigenvalue weighted by Crippen LogP contribution is 2.29. The number of rotatable bonds is 2. The number of phenolic OH excluding ortho intramolecular Hbond substituents is 1. The van der Waals surface area contributed by atoms with Crippen molar-refractivity contribution in [3.63, 3.8) is 0 Å². The predicted molar refractivity (Wildman–Crippen MR) is 78.7 cm³/mol. The monoisotopic (exact) mass is 288 g/mol. The van der Waals surface area contributed by atoms with Gasteiger partial charge in [0.2, 0.25) is 0 Å². The van der Waals surface area contributed by atoms with Gasteiger partial charge >= 0.3 is 5.97 Å². The number of hydrogen-bond donors (Lipinski definition) is 1. The Labute approximate surface area is 123 Å². The Morgan fingerprint density at radius 2 is 1.81 bits per heavy atom. The summed E-state index contributed by atoms with van der Waals surface area (Å²) in [6, 6.07) is 10.6. The first kappa shape index (κ1) is 15.0. The summed E-state index contributed by atoms with van der Waals surface area (Å²) >= 11 is 0. The van der Waals surface area contributed by atoms with E-state index in [1.807, 2.05) is 0 Å². The van der Waals surface area contributed by atoms with Crippen LogP contribution >= 0.6 is 0 Å². The van der Waals surface area contributed by atoms with Crippen molar-refractivity contribution < 1.29 is 19.0 Å². The maximum absolute atomic E-state index is 13.8. The number of carbonyl (C=O) groups excluding carboxylic acids is 1. The van der Waals surface area contributed by atoms with Crippen molar-refractivity contribution in [1.82, 2.24) is 0 Å². The number of halogens is 1. The van der Waals surface area contributed by atoms with Gasteiger partial charge in [-0.2, -0.15) is 0 Å². The fraction of sp³-hybridized carbons (Fsp3) is 0.235. The quantitative estimate of drug-likeness (QED) is 0.844. The first-order valence-electron chi connectivity index (χ1n) is 6.59. The topological polar surface area (TPSA) is 46.5 Å². The van der Waals surface area contributed by atoms with E-state index in [0.29, 0.717) is 11.1 Å². The molecule has 4 heteroatoms. The summed E-state index contributed by atoms with van der Waals surface area (Å²) in [5.41, 5.74) is 0.220. The molecule has 21 heavy (non-hydrogen) atoms. The van der Waals surface area contributed by atoms with Crippen LogP contribution in [-0.4, -0.2) is 16.7 Å². The predicted octanol–water partition coefficient (Wildman–Crippen LogP) is 4.15. The molecular formula is C17H17FO3. The second kappa shape index (κ2) is 5.56. The van der Waals surface area contributed by atoms with Crippen molar-refractivity contribution in [2.75, 3.05) is 0 Å². The SMILES string of the molecule is CC(C)(C)OC(=O)c1cc(-c2ccccc2F)ccc1O. The average Bonchev–Trinajstić information content (AvgIpc) is 2.38. The summed E-state index contributed by atoms with van der Waals surface area (Å²) in [6.45, 7) is 5.22. The van der Waals surface area contributed by atoms with Crippen LogP contribution in [0.4, 0.5) is 4.39 Å². The van der Waals surface area contributed by atoms with Crippen LogP contribution < -0.4 is 0 Å². The standard InChI is InChI=1S/C17H17FO3/c1-17(2,3)21-16(20)13-10-11(8-9-15(13)19)12-6-4-5-7-14(12)18/h4-10,19H,1-3H3. The summed E-state index contributed by atoms with van der Waals surface area (Å²) in [7, 11) is 0. The molecule has 3 nitrogen and oxygen atoms in total. The van der Waals surface area contributed by atoms with Gasteiger partial charge in [-0.1, -0.05) is 24.3 Å². The third-order valence-corrected chi connectivity index (χ3v) is 2.80. The number of ether oxygens (including phenoxy) is 1. The summed E-state index contributed by atoms with van der Waals surface area (Å²) in [4.78, 5) is 12.1. The van der Waals surface area contributed by atoms with Gasteiger partial charge in [0.15, 0.2) is 0 Å². The number of benzene rings is 2. The smallest absolute Gasteiger partial charge is 0.342 e. The van der Waals surface area contributed by atoms with Crippen LogP contribution in [0.2, 0.25) is 0 Å². The van der Waals surface area contributed by atoms with Crippen molar-refractivity contribution in [3.05, 3.63) is 53.8 Å². The summed E-state index contributed by atoms with van der Waals surface area (Å²) < 4.78 is 19.0. The fourth-order valence-corrected chi connectivity index (χ4v) is 1.90. The molecule has 1 N–H and O–H groups in total. The number of phenols is 1. The molecule has 0 fully saturated rings. The molecule has 2 aromatic carbocycles. The second-order valence-corrected chi connectivity index (χ2v) is 5.71. The number of carbonyl (C=O) groups is 1. The van der Waals surface area contributed by atoms with Gasteiger partial charge in [0.05, 0.1) is 0 Å². The molecule has 0 heterocycles. The molecule has 0 saturated heterocycles. The van der Waals surface area contributed by atoms with E-state index in [1.54, 1.807) is 45.0 Å². The molecular weight excluding hydrogens is 271 g/mol. The highest BCUT2D eigenvalue weighted by molar-refractivity contribution is 5.94. The zero-order valence-electron chi connectivity index (χ0n) is 12.2. The van der Waals surface area contributed by atoms with E-state index in [4.69, 9.17) is 4.74 Å². The van der Waals surface area contributed by atoms with Crippen LogP contribution in [0, 0.1) is 5.82 Å². The van der Waals surface area contributed by atoms with Crippen LogP contribution in [0.25, 0.3) is 11.1 Å². The molecule has 0 aliphatic heterocycles. The van der Waals surface area contributed by atoms with E-state index in [1.165, 1.54) is 18.2 Å². The molecule has 0 saturated carbocycles. The minimum absolute atomic E-state index is 0.0191. The maximum atomic E-state index is 13.8. The Morgan fingerprint density at radius 1 is 1.14 bits per heavy atom. The Kier molecular flexibility index (Phi) is 3.98. The molecule has 0 unspecified atom stereocenters. The summed E-state index contributed by atoms with van der Waals surface area (Å²) in [6.07, 6.45) is 0. The van der Waals surface area contributed by atoms with Gasteiger partial charge in [0, 0.05) is 5.56 Å². The van der Waals surface area contributed by atoms with E-state index >= 15 is 0 Å². The minimum atomic E-state index is -0.669. The maximum Gasteiger partial charge on any atom is 0.342 e. The molecule has 0 radical (unpaired) electrons. The Morgan fingerprint density at radius 3 is 2.43 bits per heavy atom. The van der Waals surface area contributed by atoms with Crippen LogP contribution in [0.3, 0.4) is 0 Å². The minimum Gasteiger partial charge on any atom is -0.507 e. The molecule has 0 aliphatic rings. The second-order valence-electron chi connectivity index (χ2n) is 5.71. The van der Waals surface area contributed by atoms with Crippen LogP contribution in [-0.2, 0) is 4.74 Å². The molecule has 2 aromatic rings. The summed E-state index contributed by atoms with van der Waals surface area (Å²) in [5.74, 6) is -1.22. The molecule has 0 atom stereocenters. The van der Waals surface area contributed by atoms with Gasteiger partial charge in [-0.3, -0.25) is 0 Å². The van der Waals surface area contributed by atoms with Crippen molar-refractivity contribution >= 4 is 5.97 Å². The third-order valence-electron chi connectivity index (χ3n) is 2.80. The van der Waals surface area contributed by atoms with Crippen LogP contribution in [0.5, 0.6) is 5.75 Å². The molecule has 110 valence electrons. The molecule has 0 bridgehead atoms. The van der Waals surface area contributed by atoms with E-state index in [2.05, 4.69) is 0 Å². The van der Waals surface area contributed by atoms with Crippen molar-refractivity contribution in [2.24, 2.45) is 0 Å². The van der Waals surface area contributed by atoms with Crippen LogP contribution in [0.15, 0.2) is 42.5 Å². The molecule has 0 aromatic heterocycles. The first-order chi connectivity index (χ1) is 9.78. The molecule has 0 amide bonds. The number of hydrogen-bond acceptors (Lipinski definition) is 3. The van der Waals surface area contributed by atoms with Crippen molar-refractivity contribution in [1.29, 1.82) is 0 Å². The van der Waals surface area contributed by atoms with Crippen molar-refractivity contribution in [3.8, 4) is 16.9 Å². The molecule has 0 spiro atoms. The van der Waals surface area contributed by atoms with Crippen LogP contribution in [0.1, 0.15) is 31.1 Å². The normalized spacial score (nSPS) is 11.2. The first-order valence-corrected chi connectivity index (χ1v) is 6.59. The lowest BCUT2D eigenvalue weighted by atomic mass is 10.0. The Hall–Kier alpha value is -2.36. The number of aromatic hydroxyl groups is 1. The Bertz CT molecular complexity index is 672. The zero-order chi connectivity index (χ0) is 15.6. The highest BCUT2D eigenvalue weighted by Gasteiger charge is 2.21. The third kappa shape index (κ3) is 3.60. The van der Waals surface area contributed by atoms with E-state index in [-0.39, 0.29) is 11.3 Å². The molecule has 2 rings (SSSR count). The van der Waals surface area contributed by atoms with Gasteiger partial charge in [0.1, 0.15) is 22.7 Å². The van der Waals surface area contributed by atoms with E-state index in [9.17, 15) is 14.3 Å². The number of esters is 1. The van der Waals surface area contributed by atoms with E-state index in [0.717, 1.165) is 0 Å². The zero-order valence-corrected chi connectivity index (χ0v) is 12.2. The average molecular weight is 288 g/mol. The van der Waals surface area contributed by atoms with E-state index < -0.39 is 17.4 Å². The lowest BCUT2D eigenvalue weighted by Gasteiger charge is -2.20. The Balaban J connectivity index is 2.43. The fourth-order valence-electron chi connectivity index (χ4n) is 1.90. The van der Waals surface area contributed by atoms with Gasteiger partial charge < -0.3 is 9.84 Å². The lowest BCUT2D eigenvalue weighted by Crippen LogP contribution is -2.24.